The molecule has 2 heterocycles. The highest BCUT2D eigenvalue weighted by atomic mass is 32.2. The third-order valence-corrected chi connectivity index (χ3v) is 7.70. The van der Waals surface area contributed by atoms with Crippen molar-refractivity contribution in [1.29, 1.82) is 0 Å². The highest BCUT2D eigenvalue weighted by Gasteiger charge is 2.19. The molecule has 0 aliphatic rings. The van der Waals surface area contributed by atoms with Gasteiger partial charge >= 0.3 is 0 Å². The summed E-state index contributed by atoms with van der Waals surface area (Å²) in [4.78, 5) is 32.3. The summed E-state index contributed by atoms with van der Waals surface area (Å²) < 4.78 is 27.5. The quantitative estimate of drug-likeness (QED) is 0.296. The van der Waals surface area contributed by atoms with E-state index in [0.29, 0.717) is 16.7 Å². The molecular weight excluding hydrogens is 476 g/mol. The van der Waals surface area contributed by atoms with Gasteiger partial charge in [0.05, 0.1) is 22.5 Å². The van der Waals surface area contributed by atoms with E-state index in [1.807, 2.05) is 30.3 Å². The number of amides is 1. The lowest BCUT2D eigenvalue weighted by Crippen LogP contribution is -2.22. The zero-order chi connectivity index (χ0) is 24.5. The van der Waals surface area contributed by atoms with Crippen LogP contribution >= 0.6 is 11.8 Å². The van der Waals surface area contributed by atoms with Crippen LogP contribution in [0.2, 0.25) is 0 Å². The summed E-state index contributed by atoms with van der Waals surface area (Å²) in [5, 5.41) is 7.61. The van der Waals surface area contributed by atoms with Gasteiger partial charge in [-0.05, 0) is 36.8 Å². The standard InChI is InChI=1S/C22H22N6O4S2/c1-14-9-10-16(34(31,32)27(2)3)11-18(14)24-19(29)13-33-22-25-20-17(21(30)26-22)12-23-28(20)15-7-5-4-6-8-15/h4-12H,13H2,1-3H3,(H,24,29)(H,25,26,30). The summed E-state index contributed by atoms with van der Waals surface area (Å²) in [7, 11) is -0.750. The number of carbonyl (C=O) groups is 1. The molecule has 176 valence electrons. The van der Waals surface area contributed by atoms with E-state index < -0.39 is 10.0 Å². The Bertz CT molecular complexity index is 1530. The Labute approximate surface area is 200 Å². The van der Waals surface area contributed by atoms with E-state index in [2.05, 4.69) is 20.4 Å². The summed E-state index contributed by atoms with van der Waals surface area (Å²) >= 11 is 1.06. The molecule has 4 rings (SSSR count). The number of nitrogens with zero attached hydrogens (tertiary/aromatic N) is 4. The molecule has 2 aromatic heterocycles. The molecule has 4 aromatic rings. The topological polar surface area (TPSA) is 130 Å². The number of aromatic nitrogens is 4. The van der Waals surface area contributed by atoms with Crippen LogP contribution in [0.4, 0.5) is 5.69 Å². The van der Waals surface area contributed by atoms with Crippen LogP contribution < -0.4 is 10.9 Å². The average Bonchev–Trinajstić information content (AvgIpc) is 3.24. The maximum absolute atomic E-state index is 12.6. The van der Waals surface area contributed by atoms with Gasteiger partial charge < -0.3 is 10.3 Å². The molecule has 0 aliphatic heterocycles. The van der Waals surface area contributed by atoms with E-state index in [-0.39, 0.29) is 27.3 Å². The van der Waals surface area contributed by atoms with E-state index in [4.69, 9.17) is 0 Å². The van der Waals surface area contributed by atoms with Gasteiger partial charge in [-0.1, -0.05) is 36.0 Å². The molecule has 2 aromatic carbocycles. The minimum absolute atomic E-state index is 0.0436. The molecule has 0 saturated heterocycles. The lowest BCUT2D eigenvalue weighted by atomic mass is 10.2. The summed E-state index contributed by atoms with van der Waals surface area (Å²) in [6, 6.07) is 13.9. The molecule has 0 spiro atoms. The highest BCUT2D eigenvalue weighted by Crippen LogP contribution is 2.23. The molecule has 0 unspecified atom stereocenters. The number of hydrogen-bond acceptors (Lipinski definition) is 7. The van der Waals surface area contributed by atoms with Crippen LogP contribution in [-0.2, 0) is 14.8 Å². The Kier molecular flexibility index (Phi) is 6.55. The first-order valence-electron chi connectivity index (χ1n) is 10.2. The number of sulfonamides is 1. The number of rotatable bonds is 7. The zero-order valence-corrected chi connectivity index (χ0v) is 20.3. The van der Waals surface area contributed by atoms with E-state index in [1.54, 1.807) is 17.7 Å². The normalized spacial score (nSPS) is 11.8. The third kappa shape index (κ3) is 4.74. The number of carbonyl (C=O) groups excluding carboxylic acids is 1. The van der Waals surface area contributed by atoms with Crippen LogP contribution in [0.25, 0.3) is 16.7 Å². The molecule has 1 amide bonds. The molecular formula is C22H22N6O4S2. The Morgan fingerprint density at radius 2 is 1.91 bits per heavy atom. The Balaban J connectivity index is 1.53. The van der Waals surface area contributed by atoms with Crippen molar-refractivity contribution < 1.29 is 13.2 Å². The Morgan fingerprint density at radius 1 is 1.18 bits per heavy atom. The fourth-order valence-corrected chi connectivity index (χ4v) is 4.74. The first-order valence-corrected chi connectivity index (χ1v) is 12.6. The molecule has 12 heteroatoms. The lowest BCUT2D eigenvalue weighted by molar-refractivity contribution is -0.113. The number of aromatic amines is 1. The van der Waals surface area contributed by atoms with E-state index in [9.17, 15) is 18.0 Å². The van der Waals surface area contributed by atoms with E-state index in [0.717, 1.165) is 27.3 Å². The van der Waals surface area contributed by atoms with Gasteiger partial charge in [-0.3, -0.25) is 9.59 Å². The molecule has 0 fully saturated rings. The molecule has 0 aliphatic carbocycles. The summed E-state index contributed by atoms with van der Waals surface area (Å²) in [5.41, 5.74) is 1.90. The number of aryl methyl sites for hydroxylation is 1. The van der Waals surface area contributed by atoms with Crippen molar-refractivity contribution in [3.05, 3.63) is 70.6 Å². The summed E-state index contributed by atoms with van der Waals surface area (Å²) in [6.07, 6.45) is 1.45. The molecule has 0 bridgehead atoms. The third-order valence-electron chi connectivity index (χ3n) is 5.02. The number of nitrogens with one attached hydrogen (secondary N) is 2. The van der Waals surface area contributed by atoms with Crippen LogP contribution in [0.5, 0.6) is 0 Å². The van der Waals surface area contributed by atoms with Crippen LogP contribution in [0, 0.1) is 6.92 Å². The van der Waals surface area contributed by atoms with Crippen molar-refractivity contribution in [3.63, 3.8) is 0 Å². The number of H-pyrrole nitrogens is 1. The highest BCUT2D eigenvalue weighted by molar-refractivity contribution is 7.99. The summed E-state index contributed by atoms with van der Waals surface area (Å²) in [5.74, 6) is -0.412. The second kappa shape index (κ2) is 9.41. The van der Waals surface area contributed by atoms with Gasteiger partial charge in [0.15, 0.2) is 10.8 Å². The van der Waals surface area contributed by atoms with Crippen LogP contribution in [0.3, 0.4) is 0 Å². The van der Waals surface area contributed by atoms with Gasteiger partial charge in [0.25, 0.3) is 5.56 Å². The monoisotopic (exact) mass is 498 g/mol. The maximum atomic E-state index is 12.6. The van der Waals surface area contributed by atoms with Gasteiger partial charge in [0, 0.05) is 19.8 Å². The number of hydrogen-bond donors (Lipinski definition) is 2. The minimum Gasteiger partial charge on any atom is -0.325 e. The van der Waals surface area contributed by atoms with Crippen molar-refractivity contribution in [2.24, 2.45) is 0 Å². The first kappa shape index (κ1) is 23.7. The summed E-state index contributed by atoms with van der Waals surface area (Å²) in [6.45, 7) is 1.77. The van der Waals surface area contributed by atoms with E-state index in [1.165, 1.54) is 32.4 Å². The van der Waals surface area contributed by atoms with E-state index >= 15 is 0 Å². The molecule has 10 nitrogen and oxygen atoms in total. The fourth-order valence-electron chi connectivity index (χ4n) is 3.15. The van der Waals surface area contributed by atoms with Crippen molar-refractivity contribution in [2.75, 3.05) is 25.2 Å². The second-order valence-electron chi connectivity index (χ2n) is 7.60. The van der Waals surface area contributed by atoms with Gasteiger partial charge in [-0.15, -0.1) is 0 Å². The predicted octanol–water partition coefficient (Wildman–Crippen LogP) is 2.40. The zero-order valence-electron chi connectivity index (χ0n) is 18.6. The molecule has 2 N–H and O–H groups in total. The molecule has 0 saturated carbocycles. The van der Waals surface area contributed by atoms with Crippen molar-refractivity contribution >= 4 is 44.4 Å². The first-order chi connectivity index (χ1) is 16.2. The number of fused-ring (bicyclic) bond motifs is 1. The predicted molar refractivity (Wildman–Crippen MR) is 131 cm³/mol. The Morgan fingerprint density at radius 3 is 2.62 bits per heavy atom. The number of anilines is 1. The minimum atomic E-state index is -3.64. The average molecular weight is 499 g/mol. The molecule has 0 atom stereocenters. The van der Waals surface area contributed by atoms with Gasteiger partial charge in [0.2, 0.25) is 15.9 Å². The van der Waals surface area contributed by atoms with Crippen LogP contribution in [0.15, 0.2) is 69.6 Å². The van der Waals surface area contributed by atoms with Gasteiger partial charge in [0.1, 0.15) is 5.39 Å². The molecule has 0 radical (unpaired) electrons. The SMILES string of the molecule is Cc1ccc(S(=O)(=O)N(C)C)cc1NC(=O)CSc1nc2c(cnn2-c2ccccc2)c(=O)[nH]1. The van der Waals surface area contributed by atoms with Crippen molar-refractivity contribution in [2.45, 2.75) is 17.0 Å². The van der Waals surface area contributed by atoms with Gasteiger partial charge in [-0.25, -0.2) is 22.4 Å². The number of thioether (sulfide) groups is 1. The number of para-hydroxylation sites is 1. The second-order valence-corrected chi connectivity index (χ2v) is 10.7. The van der Waals surface area contributed by atoms with Crippen LogP contribution in [-0.4, -0.2) is 58.2 Å². The van der Waals surface area contributed by atoms with Gasteiger partial charge in [-0.2, -0.15) is 5.10 Å². The largest absolute Gasteiger partial charge is 0.325 e. The smallest absolute Gasteiger partial charge is 0.262 e. The number of benzene rings is 2. The fraction of sp³-hybridized carbons (Fsp3) is 0.182. The lowest BCUT2D eigenvalue weighted by Gasteiger charge is -2.14. The van der Waals surface area contributed by atoms with Crippen LogP contribution in [0.1, 0.15) is 5.56 Å². The van der Waals surface area contributed by atoms with Crippen molar-refractivity contribution in [1.82, 2.24) is 24.1 Å². The van der Waals surface area contributed by atoms with Crippen molar-refractivity contribution in [3.8, 4) is 5.69 Å². The Hall–Kier alpha value is -3.48. The maximum Gasteiger partial charge on any atom is 0.262 e. The molecule has 34 heavy (non-hydrogen) atoms.